The van der Waals surface area contributed by atoms with Gasteiger partial charge in [-0.25, -0.2) is 13.6 Å². The SMILES string of the molecule is COC(=O)c1ccc(N2CCOCC2)c(NC(=O)c2c(F)c(F)c(OC)c(F)c2F)c1. The number of morpholine rings is 1. The van der Waals surface area contributed by atoms with Crippen molar-refractivity contribution in [3.05, 3.63) is 52.6 Å². The molecule has 0 unspecified atom stereocenters. The van der Waals surface area contributed by atoms with E-state index >= 15 is 0 Å². The fraction of sp³-hybridized carbons (Fsp3) is 0.300. The second-order valence-electron chi connectivity index (χ2n) is 6.44. The average Bonchev–Trinajstić information content (AvgIpc) is 2.78. The lowest BCUT2D eigenvalue weighted by Crippen LogP contribution is -2.37. The lowest BCUT2D eigenvalue weighted by molar-refractivity contribution is 0.0600. The van der Waals surface area contributed by atoms with Gasteiger partial charge < -0.3 is 24.4 Å². The van der Waals surface area contributed by atoms with Gasteiger partial charge in [0.2, 0.25) is 11.6 Å². The standard InChI is InChI=1S/C20H18F4N2O5/c1-29-18-16(23)14(21)13(15(22)17(18)24)19(27)25-11-9-10(20(28)30-2)3-4-12(11)26-5-7-31-8-6-26/h3-4,9H,5-8H2,1-2H3,(H,25,27). The minimum atomic E-state index is -1.91. The normalized spacial score (nSPS) is 13.7. The van der Waals surface area contributed by atoms with Crippen LogP contribution >= 0.6 is 0 Å². The highest BCUT2D eigenvalue weighted by Crippen LogP contribution is 2.32. The largest absolute Gasteiger partial charge is 0.491 e. The molecule has 0 radical (unpaired) electrons. The number of nitrogens with zero attached hydrogens (tertiary/aromatic N) is 1. The summed E-state index contributed by atoms with van der Waals surface area (Å²) in [6.45, 7) is 1.67. The van der Waals surface area contributed by atoms with E-state index in [1.807, 2.05) is 4.90 Å². The topological polar surface area (TPSA) is 77.1 Å². The fourth-order valence-corrected chi connectivity index (χ4v) is 3.14. The van der Waals surface area contributed by atoms with Crippen molar-refractivity contribution in [3.63, 3.8) is 0 Å². The number of hydrogen-bond acceptors (Lipinski definition) is 6. The minimum Gasteiger partial charge on any atom is -0.491 e. The molecular formula is C20H18F4N2O5. The van der Waals surface area contributed by atoms with Gasteiger partial charge in [0.25, 0.3) is 5.91 Å². The van der Waals surface area contributed by atoms with Crippen LogP contribution < -0.4 is 15.0 Å². The lowest BCUT2D eigenvalue weighted by Gasteiger charge is -2.30. The zero-order valence-electron chi connectivity index (χ0n) is 16.6. The molecule has 0 saturated carbocycles. The zero-order chi connectivity index (χ0) is 22.7. The second kappa shape index (κ2) is 9.21. The molecule has 31 heavy (non-hydrogen) atoms. The van der Waals surface area contributed by atoms with E-state index < -0.39 is 46.5 Å². The van der Waals surface area contributed by atoms with Crippen molar-refractivity contribution in [3.8, 4) is 5.75 Å². The first kappa shape index (κ1) is 22.3. The van der Waals surface area contributed by atoms with E-state index in [4.69, 9.17) is 4.74 Å². The van der Waals surface area contributed by atoms with Crippen LogP contribution in [0.4, 0.5) is 28.9 Å². The molecule has 1 aliphatic rings. The fourth-order valence-electron chi connectivity index (χ4n) is 3.14. The quantitative estimate of drug-likeness (QED) is 0.436. The highest BCUT2D eigenvalue weighted by molar-refractivity contribution is 6.07. The summed E-state index contributed by atoms with van der Waals surface area (Å²) >= 11 is 0. The van der Waals surface area contributed by atoms with E-state index in [2.05, 4.69) is 14.8 Å². The first-order valence-electron chi connectivity index (χ1n) is 9.06. The summed E-state index contributed by atoms with van der Waals surface area (Å²) in [5.41, 5.74) is -1.01. The van der Waals surface area contributed by atoms with Gasteiger partial charge in [0.1, 0.15) is 5.56 Å². The molecule has 1 heterocycles. The lowest BCUT2D eigenvalue weighted by atomic mass is 10.1. The van der Waals surface area contributed by atoms with Crippen LogP contribution in [0, 0.1) is 23.3 Å². The number of rotatable bonds is 5. The van der Waals surface area contributed by atoms with E-state index in [1.54, 1.807) is 0 Å². The molecule has 1 aliphatic heterocycles. The summed E-state index contributed by atoms with van der Waals surface area (Å²) in [4.78, 5) is 26.3. The van der Waals surface area contributed by atoms with Gasteiger partial charge in [0, 0.05) is 13.1 Å². The van der Waals surface area contributed by atoms with Crippen molar-refractivity contribution in [2.24, 2.45) is 0 Å². The van der Waals surface area contributed by atoms with E-state index in [0.29, 0.717) is 32.0 Å². The van der Waals surface area contributed by atoms with Gasteiger partial charge in [-0.05, 0) is 18.2 Å². The molecule has 0 atom stereocenters. The molecule has 0 bridgehead atoms. The third-order valence-corrected chi connectivity index (χ3v) is 4.67. The van der Waals surface area contributed by atoms with E-state index in [-0.39, 0.29) is 11.3 Å². The summed E-state index contributed by atoms with van der Waals surface area (Å²) in [6.07, 6.45) is 0. The first-order chi connectivity index (χ1) is 14.8. The number of carbonyl (C=O) groups is 2. The molecule has 11 heteroatoms. The Balaban J connectivity index is 2.05. The Hall–Kier alpha value is -3.34. The van der Waals surface area contributed by atoms with Gasteiger partial charge in [-0.1, -0.05) is 0 Å². The molecule has 0 aliphatic carbocycles. The predicted octanol–water partition coefficient (Wildman–Crippen LogP) is 3.13. The summed E-state index contributed by atoms with van der Waals surface area (Å²) in [6, 6.07) is 4.19. The first-order valence-corrected chi connectivity index (χ1v) is 9.06. The number of hydrogen-bond donors (Lipinski definition) is 1. The highest BCUT2D eigenvalue weighted by atomic mass is 19.2. The molecule has 3 rings (SSSR count). The Bertz CT molecular complexity index is 996. The minimum absolute atomic E-state index is 0.00904. The van der Waals surface area contributed by atoms with Crippen LogP contribution in [0.1, 0.15) is 20.7 Å². The number of halogens is 4. The number of anilines is 2. The third-order valence-electron chi connectivity index (χ3n) is 4.67. The van der Waals surface area contributed by atoms with Crippen LogP contribution in [0.3, 0.4) is 0 Å². The zero-order valence-corrected chi connectivity index (χ0v) is 16.6. The van der Waals surface area contributed by atoms with E-state index in [1.165, 1.54) is 18.2 Å². The maximum absolute atomic E-state index is 14.3. The molecule has 1 amide bonds. The van der Waals surface area contributed by atoms with Crippen molar-refractivity contribution < 1.29 is 41.4 Å². The molecular weight excluding hydrogens is 424 g/mol. The van der Waals surface area contributed by atoms with Crippen LogP contribution in [0.5, 0.6) is 5.75 Å². The Morgan fingerprint density at radius 3 is 2.16 bits per heavy atom. The summed E-state index contributed by atoms with van der Waals surface area (Å²) in [7, 11) is 1.98. The second-order valence-corrected chi connectivity index (χ2v) is 6.44. The monoisotopic (exact) mass is 442 g/mol. The maximum atomic E-state index is 14.3. The third kappa shape index (κ3) is 4.26. The van der Waals surface area contributed by atoms with Crippen molar-refractivity contribution in [1.82, 2.24) is 0 Å². The molecule has 1 fully saturated rings. The number of methoxy groups -OCH3 is 2. The number of carbonyl (C=O) groups excluding carboxylic acids is 2. The summed E-state index contributed by atoms with van der Waals surface area (Å²) in [5, 5.41) is 2.23. The van der Waals surface area contributed by atoms with Crippen LogP contribution in [-0.2, 0) is 9.47 Å². The Kier molecular flexibility index (Phi) is 6.64. The average molecular weight is 442 g/mol. The Morgan fingerprint density at radius 1 is 1.00 bits per heavy atom. The van der Waals surface area contributed by atoms with Gasteiger partial charge in [0.05, 0.1) is 44.4 Å². The van der Waals surface area contributed by atoms with E-state index in [9.17, 15) is 27.2 Å². The van der Waals surface area contributed by atoms with Crippen molar-refractivity contribution >= 4 is 23.3 Å². The number of benzene rings is 2. The highest BCUT2D eigenvalue weighted by Gasteiger charge is 2.31. The molecule has 1 saturated heterocycles. The summed E-state index contributed by atoms with van der Waals surface area (Å²) < 4.78 is 70.9. The van der Waals surface area contributed by atoms with Gasteiger partial charge in [-0.15, -0.1) is 0 Å². The number of ether oxygens (including phenoxy) is 3. The van der Waals surface area contributed by atoms with Gasteiger partial charge in [-0.2, -0.15) is 8.78 Å². The Labute approximate surface area is 174 Å². The predicted molar refractivity (Wildman–Crippen MR) is 102 cm³/mol. The van der Waals surface area contributed by atoms with Crippen molar-refractivity contribution in [2.75, 3.05) is 50.7 Å². The van der Waals surface area contributed by atoms with Crippen molar-refractivity contribution in [2.45, 2.75) is 0 Å². The molecule has 0 aromatic heterocycles. The van der Waals surface area contributed by atoms with Gasteiger partial charge >= 0.3 is 5.97 Å². The van der Waals surface area contributed by atoms with Crippen LogP contribution in [0.25, 0.3) is 0 Å². The maximum Gasteiger partial charge on any atom is 0.337 e. The Morgan fingerprint density at radius 2 is 1.61 bits per heavy atom. The van der Waals surface area contributed by atoms with Gasteiger partial charge in [0.15, 0.2) is 17.4 Å². The molecule has 2 aromatic rings. The smallest absolute Gasteiger partial charge is 0.337 e. The van der Waals surface area contributed by atoms with Crippen LogP contribution in [0.2, 0.25) is 0 Å². The molecule has 7 nitrogen and oxygen atoms in total. The summed E-state index contributed by atoms with van der Waals surface area (Å²) in [5.74, 6) is -11.0. The molecule has 166 valence electrons. The van der Waals surface area contributed by atoms with Gasteiger partial charge in [-0.3, -0.25) is 4.79 Å². The molecule has 0 spiro atoms. The van der Waals surface area contributed by atoms with Crippen LogP contribution in [0.15, 0.2) is 18.2 Å². The van der Waals surface area contributed by atoms with Crippen molar-refractivity contribution in [1.29, 1.82) is 0 Å². The molecule has 1 N–H and O–H groups in total. The van der Waals surface area contributed by atoms with Crippen LogP contribution in [-0.4, -0.2) is 52.4 Å². The number of amides is 1. The number of nitrogens with one attached hydrogen (secondary N) is 1. The number of esters is 1. The molecule has 2 aromatic carbocycles. The van der Waals surface area contributed by atoms with E-state index in [0.717, 1.165) is 14.2 Å².